The summed E-state index contributed by atoms with van der Waals surface area (Å²) in [6.07, 6.45) is 0. The van der Waals surface area contributed by atoms with Crippen molar-refractivity contribution in [3.8, 4) is 12.1 Å². The number of carbonyl (C=O) groups is 2. The van der Waals surface area contributed by atoms with Crippen LogP contribution in [0.2, 0.25) is 0 Å². The summed E-state index contributed by atoms with van der Waals surface area (Å²) in [5.41, 5.74) is -1.60. The third-order valence-corrected chi connectivity index (χ3v) is 2.05. The molecule has 0 amide bonds. The second-order valence-electron chi connectivity index (χ2n) is 3.28. The van der Waals surface area contributed by atoms with E-state index in [4.69, 9.17) is 20.0 Å². The second-order valence-corrected chi connectivity index (χ2v) is 3.28. The molecule has 1 aromatic rings. The van der Waals surface area contributed by atoms with Crippen molar-refractivity contribution in [1.29, 1.82) is 10.5 Å². The van der Waals surface area contributed by atoms with E-state index in [0.29, 0.717) is 0 Å². The minimum absolute atomic E-state index is 0.0602. The highest BCUT2D eigenvalue weighted by Gasteiger charge is 2.26. The number of rotatable bonds is 4. The second kappa shape index (κ2) is 6.81. The maximum atomic E-state index is 11.7. The van der Waals surface area contributed by atoms with Crippen LogP contribution in [0.5, 0.6) is 0 Å². The summed E-state index contributed by atoms with van der Waals surface area (Å²) < 4.78 is 9.46. The van der Waals surface area contributed by atoms with Crippen LogP contribution in [0.1, 0.15) is 46.2 Å². The zero-order valence-electron chi connectivity index (χ0n) is 10.8. The molecule has 0 saturated carbocycles. The Labute approximate surface area is 114 Å². The van der Waals surface area contributed by atoms with Gasteiger partial charge in [-0.15, -0.1) is 0 Å². The topological polar surface area (TPSA) is 126 Å². The first-order chi connectivity index (χ1) is 9.58. The third kappa shape index (κ3) is 3.06. The molecule has 8 heteroatoms. The van der Waals surface area contributed by atoms with Gasteiger partial charge in [0.05, 0.1) is 13.2 Å². The van der Waals surface area contributed by atoms with Crippen molar-refractivity contribution in [2.75, 3.05) is 13.2 Å². The van der Waals surface area contributed by atoms with Crippen molar-refractivity contribution < 1.29 is 19.1 Å². The van der Waals surface area contributed by atoms with E-state index in [0.717, 1.165) is 0 Å². The summed E-state index contributed by atoms with van der Waals surface area (Å²) in [7, 11) is 0. The van der Waals surface area contributed by atoms with Gasteiger partial charge in [-0.25, -0.2) is 19.6 Å². The summed E-state index contributed by atoms with van der Waals surface area (Å²) in [4.78, 5) is 30.8. The van der Waals surface area contributed by atoms with E-state index < -0.39 is 23.3 Å². The van der Waals surface area contributed by atoms with Gasteiger partial charge in [0.2, 0.25) is 0 Å². The fraction of sp³-hybridized carbons (Fsp3) is 0.333. The Morgan fingerprint density at radius 2 is 1.30 bits per heavy atom. The molecule has 0 bridgehead atoms. The number of carbonyl (C=O) groups excluding carboxylic acids is 2. The molecular formula is C12H10N4O4. The Morgan fingerprint density at radius 3 is 1.55 bits per heavy atom. The van der Waals surface area contributed by atoms with E-state index in [1.54, 1.807) is 26.0 Å². The smallest absolute Gasteiger partial charge is 0.359 e. The van der Waals surface area contributed by atoms with Gasteiger partial charge in [0, 0.05) is 0 Å². The van der Waals surface area contributed by atoms with E-state index in [1.807, 2.05) is 0 Å². The van der Waals surface area contributed by atoms with Gasteiger partial charge < -0.3 is 9.47 Å². The lowest BCUT2D eigenvalue weighted by molar-refractivity contribution is 0.0467. The van der Waals surface area contributed by atoms with Gasteiger partial charge in [-0.2, -0.15) is 10.5 Å². The highest BCUT2D eigenvalue weighted by Crippen LogP contribution is 2.11. The van der Waals surface area contributed by atoms with Gasteiger partial charge in [0.25, 0.3) is 0 Å². The zero-order valence-corrected chi connectivity index (χ0v) is 10.8. The number of esters is 2. The van der Waals surface area contributed by atoms with Crippen LogP contribution in [-0.4, -0.2) is 35.1 Å². The average molecular weight is 274 g/mol. The van der Waals surface area contributed by atoms with Crippen molar-refractivity contribution in [3.05, 3.63) is 22.8 Å². The van der Waals surface area contributed by atoms with Crippen molar-refractivity contribution in [3.63, 3.8) is 0 Å². The molecule has 0 aliphatic heterocycles. The maximum Gasteiger partial charge on any atom is 0.359 e. The predicted molar refractivity (Wildman–Crippen MR) is 63.4 cm³/mol. The Morgan fingerprint density at radius 1 is 0.950 bits per heavy atom. The maximum absolute atomic E-state index is 11.7. The molecule has 0 aromatic carbocycles. The van der Waals surface area contributed by atoms with Gasteiger partial charge in [-0.05, 0) is 13.8 Å². The molecule has 0 aliphatic rings. The van der Waals surface area contributed by atoms with Crippen LogP contribution < -0.4 is 0 Å². The standard InChI is InChI=1S/C12H10N4O4/c1-3-19-11(17)9-10(12(18)20-4-2)16-8(6-14)7(5-13)15-9/h3-4H2,1-2H3. The van der Waals surface area contributed by atoms with E-state index in [-0.39, 0.29) is 24.6 Å². The Balaban J connectivity index is 3.46. The first-order valence-corrected chi connectivity index (χ1v) is 5.65. The number of hydrogen-bond acceptors (Lipinski definition) is 8. The summed E-state index contributed by atoms with van der Waals surface area (Å²) in [5.74, 6) is -1.83. The molecule has 0 atom stereocenters. The van der Waals surface area contributed by atoms with Crippen molar-refractivity contribution in [2.24, 2.45) is 0 Å². The lowest BCUT2D eigenvalue weighted by Crippen LogP contribution is -2.19. The molecular weight excluding hydrogens is 264 g/mol. The molecule has 1 aromatic heterocycles. The minimum atomic E-state index is -0.913. The van der Waals surface area contributed by atoms with E-state index >= 15 is 0 Å². The highest BCUT2D eigenvalue weighted by atomic mass is 16.5. The Hall–Kier alpha value is -3.00. The molecule has 0 unspecified atom stereocenters. The number of nitriles is 2. The van der Waals surface area contributed by atoms with Crippen LogP contribution >= 0.6 is 0 Å². The SMILES string of the molecule is CCOC(=O)c1nc(C#N)c(C#N)nc1C(=O)OCC. The van der Waals surface area contributed by atoms with Crippen LogP contribution in [0.25, 0.3) is 0 Å². The van der Waals surface area contributed by atoms with E-state index in [1.165, 1.54) is 0 Å². The van der Waals surface area contributed by atoms with E-state index in [9.17, 15) is 9.59 Å². The zero-order chi connectivity index (χ0) is 15.1. The third-order valence-electron chi connectivity index (χ3n) is 2.05. The lowest BCUT2D eigenvalue weighted by atomic mass is 10.2. The van der Waals surface area contributed by atoms with Gasteiger partial charge in [-0.3, -0.25) is 0 Å². The van der Waals surface area contributed by atoms with Crippen LogP contribution in [0.3, 0.4) is 0 Å². The fourth-order valence-corrected chi connectivity index (χ4v) is 1.27. The minimum Gasteiger partial charge on any atom is -0.461 e. The molecule has 1 rings (SSSR count). The Kier molecular flexibility index (Phi) is 5.12. The number of hydrogen-bond donors (Lipinski definition) is 0. The summed E-state index contributed by atoms with van der Waals surface area (Å²) in [6, 6.07) is 3.25. The van der Waals surface area contributed by atoms with Crippen LogP contribution in [0.4, 0.5) is 0 Å². The van der Waals surface area contributed by atoms with E-state index in [2.05, 4.69) is 9.97 Å². The summed E-state index contributed by atoms with van der Waals surface area (Å²) in [6.45, 7) is 3.27. The first-order valence-electron chi connectivity index (χ1n) is 5.65. The number of aromatic nitrogens is 2. The lowest BCUT2D eigenvalue weighted by Gasteiger charge is -2.07. The monoisotopic (exact) mass is 274 g/mol. The first kappa shape index (κ1) is 15.1. The molecule has 0 aliphatic carbocycles. The van der Waals surface area contributed by atoms with Crippen molar-refractivity contribution in [2.45, 2.75) is 13.8 Å². The quantitative estimate of drug-likeness (QED) is 0.729. The van der Waals surface area contributed by atoms with Crippen LogP contribution in [-0.2, 0) is 9.47 Å². The molecule has 0 radical (unpaired) electrons. The van der Waals surface area contributed by atoms with Crippen LogP contribution in [0.15, 0.2) is 0 Å². The van der Waals surface area contributed by atoms with Gasteiger partial charge >= 0.3 is 11.9 Å². The summed E-state index contributed by atoms with van der Waals surface area (Å²) >= 11 is 0. The normalized spacial score (nSPS) is 9.20. The average Bonchev–Trinajstić information content (AvgIpc) is 2.46. The highest BCUT2D eigenvalue weighted by molar-refractivity contribution is 6.00. The Bertz CT molecular complexity index is 573. The fourth-order valence-electron chi connectivity index (χ4n) is 1.27. The molecule has 0 N–H and O–H groups in total. The molecule has 0 fully saturated rings. The van der Waals surface area contributed by atoms with Crippen molar-refractivity contribution in [1.82, 2.24) is 9.97 Å². The molecule has 1 heterocycles. The molecule has 0 saturated heterocycles. The molecule has 102 valence electrons. The summed E-state index contributed by atoms with van der Waals surface area (Å²) in [5, 5.41) is 17.7. The van der Waals surface area contributed by atoms with Crippen molar-refractivity contribution >= 4 is 11.9 Å². The number of ether oxygens (including phenoxy) is 2. The van der Waals surface area contributed by atoms with Crippen LogP contribution in [0, 0.1) is 22.7 Å². The molecule has 0 spiro atoms. The van der Waals surface area contributed by atoms with Gasteiger partial charge in [0.1, 0.15) is 12.1 Å². The van der Waals surface area contributed by atoms with Gasteiger partial charge in [0.15, 0.2) is 22.8 Å². The largest absolute Gasteiger partial charge is 0.461 e. The molecule has 8 nitrogen and oxygen atoms in total. The predicted octanol–water partition coefficient (Wildman–Crippen LogP) is 0.573. The van der Waals surface area contributed by atoms with Gasteiger partial charge in [-0.1, -0.05) is 0 Å². The molecule has 20 heavy (non-hydrogen) atoms. The number of nitrogens with zero attached hydrogens (tertiary/aromatic N) is 4.